The van der Waals surface area contributed by atoms with E-state index in [1.54, 1.807) is 12.1 Å². The number of anilines is 2. The van der Waals surface area contributed by atoms with Gasteiger partial charge in [-0.15, -0.1) is 0 Å². The smallest absolute Gasteiger partial charge is 0.318 e. The first kappa shape index (κ1) is 25.3. The van der Waals surface area contributed by atoms with Crippen LogP contribution in [0.5, 0.6) is 6.01 Å². The van der Waals surface area contributed by atoms with Crippen molar-refractivity contribution in [3.05, 3.63) is 65.6 Å². The molecule has 43 heavy (non-hydrogen) atoms. The quantitative estimate of drug-likeness (QED) is 0.377. The molecule has 6 rings (SSSR count). The Labute approximate surface area is 256 Å². The molecular formula is C33H38FN7O2. The van der Waals surface area contributed by atoms with Crippen LogP contribution in [-0.2, 0) is 17.8 Å². The van der Waals surface area contributed by atoms with Crippen LogP contribution < -0.4 is 14.5 Å². The Kier molecular flexibility index (Phi) is 7.16. The Balaban J connectivity index is 1.36. The summed E-state index contributed by atoms with van der Waals surface area (Å²) in [5.41, 5.74) is 2.87. The Morgan fingerprint density at radius 3 is 2.74 bits per heavy atom. The zero-order valence-corrected chi connectivity index (χ0v) is 24.4. The second-order valence-electron chi connectivity index (χ2n) is 11.6. The minimum Gasteiger partial charge on any atom is -0.462 e. The summed E-state index contributed by atoms with van der Waals surface area (Å²) in [6.45, 7) is 4.29. The van der Waals surface area contributed by atoms with Gasteiger partial charge in [0.15, 0.2) is 5.83 Å². The number of rotatable bonds is 7. The maximum atomic E-state index is 13.8. The lowest BCUT2D eigenvalue weighted by molar-refractivity contribution is -0.131. The van der Waals surface area contributed by atoms with Crippen LogP contribution in [0, 0.1) is 18.2 Å². The summed E-state index contributed by atoms with van der Waals surface area (Å²) >= 11 is 0. The first-order chi connectivity index (χ1) is 22.0. The number of nitriles is 1. The predicted molar refractivity (Wildman–Crippen MR) is 165 cm³/mol. The maximum Gasteiger partial charge on any atom is 0.318 e. The topological polar surface area (TPSA) is 88.8 Å². The third-order valence-corrected chi connectivity index (χ3v) is 8.92. The summed E-state index contributed by atoms with van der Waals surface area (Å²) < 4.78 is 44.7. The van der Waals surface area contributed by atoms with E-state index in [0.29, 0.717) is 56.0 Å². The molecule has 0 radical (unpaired) electrons. The molecule has 1 aromatic heterocycles. The van der Waals surface area contributed by atoms with Gasteiger partial charge in [-0.1, -0.05) is 36.9 Å². The van der Waals surface area contributed by atoms with Gasteiger partial charge in [0, 0.05) is 53.0 Å². The van der Waals surface area contributed by atoms with E-state index >= 15 is 0 Å². The number of hydrogen-bond donors (Lipinski definition) is 0. The van der Waals surface area contributed by atoms with E-state index in [-0.39, 0.29) is 25.0 Å². The van der Waals surface area contributed by atoms with Gasteiger partial charge < -0.3 is 24.3 Å². The molecule has 0 spiro atoms. The SMILES string of the molecule is [2H]C([2H])([2H])c1cccc2cccc(N3CCc4c(nc(OC[C@@H]5CCCN5C)nc4N4CCN(C(=O)C(=C)F)[C@@H](CC#N)C4)C3)c12. The van der Waals surface area contributed by atoms with Crippen molar-refractivity contribution in [3.8, 4) is 12.1 Å². The second-order valence-corrected chi connectivity index (χ2v) is 11.6. The molecular weight excluding hydrogens is 545 g/mol. The van der Waals surface area contributed by atoms with Crippen LogP contribution in [0.4, 0.5) is 15.9 Å². The molecule has 4 heterocycles. The first-order valence-corrected chi connectivity index (χ1v) is 14.8. The van der Waals surface area contributed by atoms with Gasteiger partial charge in [0.2, 0.25) is 0 Å². The van der Waals surface area contributed by atoms with E-state index in [1.807, 2.05) is 29.2 Å². The summed E-state index contributed by atoms with van der Waals surface area (Å²) in [4.78, 5) is 30.2. The van der Waals surface area contributed by atoms with Crippen LogP contribution >= 0.6 is 0 Å². The first-order valence-electron chi connectivity index (χ1n) is 16.3. The fourth-order valence-electron chi connectivity index (χ4n) is 6.62. The van der Waals surface area contributed by atoms with Gasteiger partial charge in [-0.2, -0.15) is 15.2 Å². The average Bonchev–Trinajstić information content (AvgIpc) is 3.46. The molecule has 2 saturated heterocycles. The van der Waals surface area contributed by atoms with Crippen molar-refractivity contribution in [2.45, 2.75) is 51.2 Å². The van der Waals surface area contributed by atoms with E-state index in [9.17, 15) is 14.4 Å². The Morgan fingerprint density at radius 1 is 1.16 bits per heavy atom. The van der Waals surface area contributed by atoms with Gasteiger partial charge in [0.05, 0.1) is 30.8 Å². The number of nitrogens with zero attached hydrogens (tertiary/aromatic N) is 7. The van der Waals surface area contributed by atoms with Crippen molar-refractivity contribution in [2.75, 3.05) is 56.2 Å². The molecule has 224 valence electrons. The second kappa shape index (κ2) is 12.2. The average molecular weight is 587 g/mol. The zero-order valence-electron chi connectivity index (χ0n) is 27.4. The Hall–Kier alpha value is -4.23. The number of aromatic nitrogens is 2. The number of ether oxygens (including phenoxy) is 1. The van der Waals surface area contributed by atoms with E-state index in [4.69, 9.17) is 18.8 Å². The van der Waals surface area contributed by atoms with Crippen LogP contribution in [0.2, 0.25) is 0 Å². The number of benzene rings is 2. The monoisotopic (exact) mass is 586 g/mol. The predicted octanol–water partition coefficient (Wildman–Crippen LogP) is 4.39. The van der Waals surface area contributed by atoms with Crippen LogP contribution in [-0.4, -0.2) is 84.1 Å². The molecule has 2 atom stereocenters. The van der Waals surface area contributed by atoms with Gasteiger partial charge in [-0.25, -0.2) is 4.39 Å². The van der Waals surface area contributed by atoms with Gasteiger partial charge in [0.25, 0.3) is 5.91 Å². The maximum absolute atomic E-state index is 13.8. The number of piperazine rings is 1. The van der Waals surface area contributed by atoms with Gasteiger partial charge in [-0.05, 0) is 56.7 Å². The third kappa shape index (κ3) is 5.74. The summed E-state index contributed by atoms with van der Waals surface area (Å²) in [6.07, 6.45) is 2.77. The molecule has 0 bridgehead atoms. The lowest BCUT2D eigenvalue weighted by Crippen LogP contribution is -2.55. The summed E-state index contributed by atoms with van der Waals surface area (Å²) in [6, 6.07) is 13.3. The Morgan fingerprint density at radius 2 is 2.00 bits per heavy atom. The molecule has 2 fully saturated rings. The standard InChI is InChI=1S/C33H38FN7O2/c1-22-7-4-8-24-9-5-11-29(30(22)24)39-16-13-27-28(20-39)36-33(43-21-26-10-6-15-38(26)3)37-31(27)40-17-18-41(32(42)23(2)34)25(19-40)12-14-35/h4-5,7-9,11,25-26H,2,6,10,12-13,15-21H2,1,3H3/t25-,26-/m0/s1/i1D3. The van der Waals surface area contributed by atoms with Crippen LogP contribution in [0.25, 0.3) is 10.8 Å². The van der Waals surface area contributed by atoms with E-state index in [2.05, 4.69) is 29.5 Å². The number of halogens is 1. The number of carbonyl (C=O) groups is 1. The fourth-order valence-corrected chi connectivity index (χ4v) is 6.62. The highest BCUT2D eigenvalue weighted by atomic mass is 19.1. The Bertz CT molecular complexity index is 1690. The lowest BCUT2D eigenvalue weighted by Gasteiger charge is -2.42. The van der Waals surface area contributed by atoms with Crippen molar-refractivity contribution in [1.82, 2.24) is 19.8 Å². The van der Waals surface area contributed by atoms with Gasteiger partial charge in [0.1, 0.15) is 12.4 Å². The highest BCUT2D eigenvalue weighted by Gasteiger charge is 2.35. The van der Waals surface area contributed by atoms with Crippen LogP contribution in [0.15, 0.2) is 48.8 Å². The molecule has 0 unspecified atom stereocenters. The number of fused-ring (bicyclic) bond motifs is 2. The number of carbonyl (C=O) groups excluding carboxylic acids is 1. The van der Waals surface area contributed by atoms with Gasteiger partial charge >= 0.3 is 6.01 Å². The van der Waals surface area contributed by atoms with Crippen molar-refractivity contribution in [1.29, 1.82) is 5.26 Å². The summed E-state index contributed by atoms with van der Waals surface area (Å²) in [5, 5.41) is 11.1. The molecule has 3 aliphatic rings. The molecule has 1 amide bonds. The highest BCUT2D eigenvalue weighted by molar-refractivity contribution is 5.97. The van der Waals surface area contributed by atoms with Crippen molar-refractivity contribution in [3.63, 3.8) is 0 Å². The van der Waals surface area contributed by atoms with Crippen molar-refractivity contribution >= 4 is 28.2 Å². The molecule has 0 aliphatic carbocycles. The molecule has 3 aromatic rings. The normalized spacial score (nSPS) is 22.0. The summed E-state index contributed by atoms with van der Waals surface area (Å²) in [7, 11) is 2.08. The van der Waals surface area contributed by atoms with Gasteiger partial charge in [-0.3, -0.25) is 4.79 Å². The highest BCUT2D eigenvalue weighted by Crippen LogP contribution is 2.36. The number of likely N-dealkylation sites (N-methyl/N-ethyl adjacent to an activating group) is 1. The lowest BCUT2D eigenvalue weighted by atomic mass is 9.99. The van der Waals surface area contributed by atoms with E-state index in [0.717, 1.165) is 41.7 Å². The van der Waals surface area contributed by atoms with Crippen molar-refractivity contribution < 1.29 is 18.0 Å². The minimum atomic E-state index is -2.27. The number of likely N-dealkylation sites (tertiary alicyclic amines) is 1. The largest absolute Gasteiger partial charge is 0.462 e. The number of aryl methyl sites for hydroxylation is 1. The number of hydrogen-bond acceptors (Lipinski definition) is 8. The molecule has 0 N–H and O–H groups in total. The van der Waals surface area contributed by atoms with Crippen molar-refractivity contribution in [2.24, 2.45) is 0 Å². The molecule has 10 heteroatoms. The molecule has 9 nitrogen and oxygen atoms in total. The van der Waals surface area contributed by atoms with E-state index < -0.39 is 24.6 Å². The number of amides is 1. The molecule has 3 aliphatic heterocycles. The molecule has 0 saturated carbocycles. The van der Waals surface area contributed by atoms with Crippen LogP contribution in [0.1, 0.15) is 40.2 Å². The third-order valence-electron chi connectivity index (χ3n) is 8.92. The summed E-state index contributed by atoms with van der Waals surface area (Å²) in [5.74, 6) is -1.15. The fraction of sp³-hybridized carbons (Fsp3) is 0.455. The minimum absolute atomic E-state index is 0.0425. The van der Waals surface area contributed by atoms with Crippen LogP contribution in [0.3, 0.4) is 0 Å². The molecule has 2 aromatic carbocycles. The van der Waals surface area contributed by atoms with E-state index in [1.165, 1.54) is 4.90 Å². The zero-order chi connectivity index (χ0) is 32.6.